The van der Waals surface area contributed by atoms with E-state index in [0.717, 1.165) is 18.4 Å². The molecule has 4 N–H and O–H groups in total. The number of carbonyl (C=O) groups excluding carboxylic acids is 2. The highest BCUT2D eigenvalue weighted by atomic mass is 16.3. The largest absolute Gasteiger partial charge is 0.393 e. The molecule has 1 aliphatic rings. The van der Waals surface area contributed by atoms with E-state index in [9.17, 15) is 30.0 Å². The Morgan fingerprint density at radius 2 is 1.32 bits per heavy atom. The minimum absolute atomic E-state index is 0.147. The highest BCUT2D eigenvalue weighted by Crippen LogP contribution is 2.43. The molecule has 0 amide bonds. The first-order valence-corrected chi connectivity index (χ1v) is 14.0. The maximum absolute atomic E-state index is 10.8. The molecule has 0 spiro atoms. The molecule has 0 aromatic rings. The zero-order valence-electron chi connectivity index (χ0n) is 24.3. The van der Waals surface area contributed by atoms with Crippen LogP contribution >= 0.6 is 0 Å². The van der Waals surface area contributed by atoms with Crippen molar-refractivity contribution < 1.29 is 30.0 Å². The van der Waals surface area contributed by atoms with Crippen LogP contribution in [0.15, 0.2) is 60.3 Å². The normalized spacial score (nSPS) is 20.1. The van der Waals surface area contributed by atoms with E-state index in [0.29, 0.717) is 56.8 Å². The molecular weight excluding hydrogens is 504 g/mol. The van der Waals surface area contributed by atoms with Gasteiger partial charge in [-0.25, -0.2) is 0 Å². The van der Waals surface area contributed by atoms with Crippen LogP contribution in [0.1, 0.15) is 78.6 Å². The van der Waals surface area contributed by atoms with Crippen LogP contribution in [0.4, 0.5) is 0 Å². The monoisotopic (exact) mass is 552 g/mol. The van der Waals surface area contributed by atoms with Gasteiger partial charge in [0.1, 0.15) is 11.6 Å². The standard InChI is InChI=1S/2C17H24O3/c1-3-7-15(19)10-5-4-9-14-12-16(14)17(20)11-6-8-13(2)18;1-4-8-16(19)11-6-5-9-14(2)13-17(20)12-7-10-15(3)18/h1,4-5,9-10,14-17,19-20H,6-8,11-12H2,2H3;1,5-6,9,11,13,16-17,19-20H,7-8,10,12H2,2-3H3/b9-4+,10-5+;9-5+,11-6+,14-13-/t14-,15-,16+,17+;16-,17?/m11/s1. The van der Waals surface area contributed by atoms with E-state index < -0.39 is 18.3 Å². The van der Waals surface area contributed by atoms with Crippen LogP contribution in [0.2, 0.25) is 0 Å². The van der Waals surface area contributed by atoms with Crippen molar-refractivity contribution in [3.63, 3.8) is 0 Å². The van der Waals surface area contributed by atoms with E-state index in [1.165, 1.54) is 0 Å². The third kappa shape index (κ3) is 21.9. The molecule has 0 aromatic carbocycles. The number of allylic oxidation sites excluding steroid dienone is 7. The minimum Gasteiger partial charge on any atom is -0.393 e. The molecule has 0 saturated heterocycles. The van der Waals surface area contributed by atoms with Gasteiger partial charge in [0.05, 0.1) is 24.4 Å². The van der Waals surface area contributed by atoms with E-state index >= 15 is 0 Å². The van der Waals surface area contributed by atoms with Crippen LogP contribution in [-0.2, 0) is 9.59 Å². The fourth-order valence-corrected chi connectivity index (χ4v) is 3.85. The number of terminal acetylenes is 2. The number of rotatable bonds is 18. The molecule has 6 atom stereocenters. The van der Waals surface area contributed by atoms with Gasteiger partial charge in [-0.05, 0) is 64.7 Å². The van der Waals surface area contributed by atoms with Gasteiger partial charge >= 0.3 is 0 Å². The van der Waals surface area contributed by atoms with E-state index in [-0.39, 0.29) is 17.7 Å². The van der Waals surface area contributed by atoms with Crippen LogP contribution in [0.3, 0.4) is 0 Å². The SMILES string of the molecule is C#CC[C@@H](O)/C=C/C=C/C(C)=C\C(O)CCCC(C)=O.C#CC[C@@H](O)/C=C/C=C/[C@@H]1C[C@@H]1[C@@H](O)CCCC(C)=O. The van der Waals surface area contributed by atoms with Crippen molar-refractivity contribution in [2.45, 2.75) is 103 Å². The lowest BCUT2D eigenvalue weighted by atomic mass is 10.1. The Bertz CT molecular complexity index is 971. The summed E-state index contributed by atoms with van der Waals surface area (Å²) in [7, 11) is 0. The van der Waals surface area contributed by atoms with Gasteiger partial charge in [-0.1, -0.05) is 60.3 Å². The van der Waals surface area contributed by atoms with Crippen molar-refractivity contribution in [2.75, 3.05) is 0 Å². The summed E-state index contributed by atoms with van der Waals surface area (Å²) in [5.41, 5.74) is 0.927. The van der Waals surface area contributed by atoms with Gasteiger partial charge in [0.15, 0.2) is 0 Å². The predicted octanol–water partition coefficient (Wildman–Crippen LogP) is 4.79. The first-order valence-electron chi connectivity index (χ1n) is 14.0. The summed E-state index contributed by atoms with van der Waals surface area (Å²) >= 11 is 0. The van der Waals surface area contributed by atoms with Crippen molar-refractivity contribution in [1.29, 1.82) is 0 Å². The third-order valence-corrected chi connectivity index (χ3v) is 6.16. The van der Waals surface area contributed by atoms with Gasteiger partial charge in [0.25, 0.3) is 0 Å². The van der Waals surface area contributed by atoms with Crippen LogP contribution in [0.5, 0.6) is 0 Å². The van der Waals surface area contributed by atoms with Gasteiger partial charge in [-0.2, -0.15) is 0 Å². The van der Waals surface area contributed by atoms with Crippen molar-refractivity contribution in [2.24, 2.45) is 11.8 Å². The van der Waals surface area contributed by atoms with E-state index in [1.807, 2.05) is 19.1 Å². The molecule has 40 heavy (non-hydrogen) atoms. The number of hydrogen-bond acceptors (Lipinski definition) is 6. The smallest absolute Gasteiger partial charge is 0.129 e. The molecule has 6 heteroatoms. The fourth-order valence-electron chi connectivity index (χ4n) is 3.85. The highest BCUT2D eigenvalue weighted by Gasteiger charge is 2.39. The molecular formula is C34H48O6. The lowest BCUT2D eigenvalue weighted by molar-refractivity contribution is -0.118. The predicted molar refractivity (Wildman–Crippen MR) is 162 cm³/mol. The lowest BCUT2D eigenvalue weighted by Gasteiger charge is -2.08. The average Bonchev–Trinajstić information content (AvgIpc) is 3.64. The molecule has 1 saturated carbocycles. The van der Waals surface area contributed by atoms with Gasteiger partial charge in [-0.3, -0.25) is 0 Å². The number of Topliss-reactive ketones (excluding diaryl/α,β-unsaturated/α-hetero) is 2. The van der Waals surface area contributed by atoms with Crippen molar-refractivity contribution in [3.8, 4) is 24.7 Å². The van der Waals surface area contributed by atoms with E-state index in [2.05, 4.69) is 17.9 Å². The van der Waals surface area contributed by atoms with Crippen molar-refractivity contribution in [1.82, 2.24) is 0 Å². The first-order chi connectivity index (χ1) is 19.0. The highest BCUT2D eigenvalue weighted by molar-refractivity contribution is 5.75. The Balaban J connectivity index is 0.000000760. The van der Waals surface area contributed by atoms with Crippen molar-refractivity contribution >= 4 is 11.6 Å². The summed E-state index contributed by atoms with van der Waals surface area (Å²) in [6.07, 6.45) is 29.7. The first kappa shape index (κ1) is 37.0. The molecule has 0 heterocycles. The number of ketones is 2. The second kappa shape index (κ2) is 22.8. The maximum atomic E-state index is 10.8. The van der Waals surface area contributed by atoms with Crippen LogP contribution < -0.4 is 0 Å². The Morgan fingerprint density at radius 1 is 0.800 bits per heavy atom. The zero-order valence-corrected chi connectivity index (χ0v) is 24.3. The van der Waals surface area contributed by atoms with E-state index in [1.54, 1.807) is 50.3 Å². The molecule has 0 bridgehead atoms. The number of hydrogen-bond donors (Lipinski definition) is 4. The minimum atomic E-state index is -0.619. The maximum Gasteiger partial charge on any atom is 0.129 e. The average molecular weight is 553 g/mol. The van der Waals surface area contributed by atoms with Crippen LogP contribution in [0.25, 0.3) is 0 Å². The topological polar surface area (TPSA) is 115 Å². The van der Waals surface area contributed by atoms with Crippen molar-refractivity contribution in [3.05, 3.63) is 60.3 Å². The summed E-state index contributed by atoms with van der Waals surface area (Å²) in [6.45, 7) is 5.02. The summed E-state index contributed by atoms with van der Waals surface area (Å²) in [4.78, 5) is 21.6. The summed E-state index contributed by atoms with van der Waals surface area (Å²) < 4.78 is 0. The summed E-state index contributed by atoms with van der Waals surface area (Å²) in [5.74, 6) is 5.84. The molecule has 0 aromatic heterocycles. The zero-order chi connectivity index (χ0) is 30.3. The van der Waals surface area contributed by atoms with Gasteiger partial charge in [-0.15, -0.1) is 24.7 Å². The number of aliphatic hydroxyl groups is 4. The molecule has 1 rings (SSSR count). The molecule has 0 aliphatic heterocycles. The number of carbonyl (C=O) groups is 2. The Kier molecular flexibility index (Phi) is 21.1. The second-order valence-electron chi connectivity index (χ2n) is 10.3. The second-order valence-corrected chi connectivity index (χ2v) is 10.3. The third-order valence-electron chi connectivity index (χ3n) is 6.16. The van der Waals surface area contributed by atoms with Gasteiger partial charge in [0, 0.05) is 25.7 Å². The summed E-state index contributed by atoms with van der Waals surface area (Å²) in [5, 5.41) is 38.4. The molecule has 6 nitrogen and oxygen atoms in total. The number of aliphatic hydroxyl groups excluding tert-OH is 4. The Hall–Kier alpha value is -3.00. The van der Waals surface area contributed by atoms with Gasteiger partial charge < -0.3 is 30.0 Å². The van der Waals surface area contributed by atoms with E-state index in [4.69, 9.17) is 12.8 Å². The molecule has 220 valence electrons. The van der Waals surface area contributed by atoms with Crippen LogP contribution in [0, 0.1) is 36.5 Å². The summed E-state index contributed by atoms with van der Waals surface area (Å²) in [6, 6.07) is 0. The lowest BCUT2D eigenvalue weighted by Crippen LogP contribution is -2.10. The Morgan fingerprint density at radius 3 is 1.85 bits per heavy atom. The molecule has 1 fully saturated rings. The Labute approximate surface area is 241 Å². The van der Waals surface area contributed by atoms with Gasteiger partial charge in [0.2, 0.25) is 0 Å². The molecule has 1 unspecified atom stereocenters. The van der Waals surface area contributed by atoms with Crippen LogP contribution in [-0.4, -0.2) is 56.4 Å². The fraction of sp³-hybridized carbons (Fsp3) is 0.529. The quantitative estimate of drug-likeness (QED) is 0.144. The molecule has 0 radical (unpaired) electrons. The molecule has 1 aliphatic carbocycles.